The number of aliphatic hydroxyl groups is 1. The Morgan fingerprint density at radius 3 is 2.50 bits per heavy atom. The number of hydrogen-bond acceptors (Lipinski definition) is 3. The summed E-state index contributed by atoms with van der Waals surface area (Å²) in [5.41, 5.74) is -0.215. The Hall–Kier alpha value is -2.55. The minimum Gasteiger partial charge on any atom is -0.395 e. The van der Waals surface area contributed by atoms with Crippen LogP contribution < -0.4 is 5.32 Å². The highest BCUT2D eigenvalue weighted by molar-refractivity contribution is 5.89. The molecular weight excluding hydrogens is 325 g/mol. The number of nitrogens with zero attached hydrogens (tertiary/aromatic N) is 3. The molecule has 0 fully saturated rings. The number of rotatable bonds is 5. The largest absolute Gasteiger partial charge is 0.433 e. The number of carbonyl (C=O) groups is 1. The number of aromatic nitrogens is 2. The van der Waals surface area contributed by atoms with Crippen LogP contribution in [0, 0.1) is 0 Å². The Balaban J connectivity index is 2.14. The molecular formula is C15H17F3N4O2. The van der Waals surface area contributed by atoms with Gasteiger partial charge in [0.25, 0.3) is 0 Å². The maximum atomic E-state index is 12.9. The Morgan fingerprint density at radius 2 is 1.96 bits per heavy atom. The first-order valence-corrected chi connectivity index (χ1v) is 7.25. The van der Waals surface area contributed by atoms with Crippen molar-refractivity contribution in [1.82, 2.24) is 14.7 Å². The highest BCUT2D eigenvalue weighted by atomic mass is 19.4. The first-order chi connectivity index (χ1) is 11.4. The summed E-state index contributed by atoms with van der Waals surface area (Å²) in [7, 11) is 0. The van der Waals surface area contributed by atoms with Gasteiger partial charge in [-0.05, 0) is 37.3 Å². The number of aliphatic hydroxyl groups excluding tert-OH is 1. The van der Waals surface area contributed by atoms with Crippen LogP contribution in [0.4, 0.5) is 23.7 Å². The second-order valence-corrected chi connectivity index (χ2v) is 4.91. The molecule has 0 aliphatic rings. The van der Waals surface area contributed by atoms with E-state index >= 15 is 0 Å². The zero-order valence-corrected chi connectivity index (χ0v) is 12.9. The molecule has 2 rings (SSSR count). The molecule has 0 atom stereocenters. The predicted molar refractivity (Wildman–Crippen MR) is 81.9 cm³/mol. The number of hydrogen-bond donors (Lipinski definition) is 2. The van der Waals surface area contributed by atoms with E-state index in [1.165, 1.54) is 29.2 Å². The highest BCUT2D eigenvalue weighted by Crippen LogP contribution is 2.30. The molecule has 1 heterocycles. The van der Waals surface area contributed by atoms with Crippen LogP contribution in [0.25, 0.3) is 5.69 Å². The van der Waals surface area contributed by atoms with Gasteiger partial charge in [-0.2, -0.15) is 18.3 Å². The topological polar surface area (TPSA) is 70.4 Å². The second kappa shape index (κ2) is 7.35. The predicted octanol–water partition coefficient (Wildman–Crippen LogP) is 2.74. The molecule has 0 bridgehead atoms. The van der Waals surface area contributed by atoms with Crippen LogP contribution >= 0.6 is 0 Å². The van der Waals surface area contributed by atoms with Crippen LogP contribution in [0.2, 0.25) is 0 Å². The van der Waals surface area contributed by atoms with Gasteiger partial charge in [0.05, 0.1) is 18.5 Å². The van der Waals surface area contributed by atoms with E-state index in [0.717, 1.165) is 16.9 Å². The number of anilines is 1. The third kappa shape index (κ3) is 4.05. The van der Waals surface area contributed by atoms with Gasteiger partial charge in [0.1, 0.15) is 5.69 Å². The number of benzene rings is 1. The van der Waals surface area contributed by atoms with Crippen LogP contribution in [0.1, 0.15) is 12.6 Å². The standard InChI is InChI=1S/C15H17F3N4O2/c1-2-21(9-10-23)14(24)20-11-3-5-12(6-4-11)22-13(7-8-19-22)15(16,17)18/h3-8,23H,2,9-10H2,1H3,(H,20,24). The van der Waals surface area contributed by atoms with Gasteiger partial charge in [0.2, 0.25) is 0 Å². The molecule has 2 aromatic rings. The number of urea groups is 1. The number of alkyl halides is 3. The average Bonchev–Trinajstić information content (AvgIpc) is 3.03. The maximum Gasteiger partial charge on any atom is 0.433 e. The van der Waals surface area contributed by atoms with E-state index in [1.54, 1.807) is 6.92 Å². The van der Waals surface area contributed by atoms with Gasteiger partial charge in [-0.15, -0.1) is 0 Å². The van der Waals surface area contributed by atoms with Crippen molar-refractivity contribution in [3.8, 4) is 5.69 Å². The van der Waals surface area contributed by atoms with Crippen molar-refractivity contribution in [2.24, 2.45) is 0 Å². The Bertz CT molecular complexity index is 683. The fourth-order valence-electron chi connectivity index (χ4n) is 2.14. The molecule has 2 amide bonds. The van der Waals surface area contributed by atoms with Crippen LogP contribution in [-0.4, -0.2) is 45.5 Å². The van der Waals surface area contributed by atoms with Crippen molar-refractivity contribution in [1.29, 1.82) is 0 Å². The van der Waals surface area contributed by atoms with Gasteiger partial charge < -0.3 is 15.3 Å². The van der Waals surface area contributed by atoms with Crippen LogP contribution in [0.3, 0.4) is 0 Å². The molecule has 24 heavy (non-hydrogen) atoms. The molecule has 0 unspecified atom stereocenters. The number of nitrogens with one attached hydrogen (secondary N) is 1. The van der Waals surface area contributed by atoms with Gasteiger partial charge in [0, 0.05) is 18.8 Å². The van der Waals surface area contributed by atoms with Gasteiger partial charge in [-0.1, -0.05) is 0 Å². The van der Waals surface area contributed by atoms with Crippen molar-refractivity contribution in [3.63, 3.8) is 0 Å². The first-order valence-electron chi connectivity index (χ1n) is 7.25. The van der Waals surface area contributed by atoms with Gasteiger partial charge in [0.15, 0.2) is 0 Å². The lowest BCUT2D eigenvalue weighted by Gasteiger charge is -2.20. The van der Waals surface area contributed by atoms with E-state index in [2.05, 4.69) is 10.4 Å². The summed E-state index contributed by atoms with van der Waals surface area (Å²) in [6.45, 7) is 2.24. The van der Waals surface area contributed by atoms with Gasteiger partial charge in [-0.3, -0.25) is 0 Å². The molecule has 0 spiro atoms. The summed E-state index contributed by atoms with van der Waals surface area (Å²) in [6.07, 6.45) is -3.43. The third-order valence-corrected chi connectivity index (χ3v) is 3.34. The van der Waals surface area contributed by atoms with Gasteiger partial charge >= 0.3 is 12.2 Å². The molecule has 2 N–H and O–H groups in total. The molecule has 0 aliphatic heterocycles. The van der Waals surface area contributed by atoms with E-state index < -0.39 is 17.9 Å². The van der Waals surface area contributed by atoms with Crippen LogP contribution in [0.15, 0.2) is 36.5 Å². The second-order valence-electron chi connectivity index (χ2n) is 4.91. The summed E-state index contributed by atoms with van der Waals surface area (Å²) in [5, 5.41) is 15.2. The molecule has 1 aromatic carbocycles. The zero-order valence-electron chi connectivity index (χ0n) is 12.9. The molecule has 1 aromatic heterocycles. The summed E-state index contributed by atoms with van der Waals surface area (Å²) in [4.78, 5) is 13.4. The van der Waals surface area contributed by atoms with Crippen molar-refractivity contribution in [2.75, 3.05) is 25.0 Å². The lowest BCUT2D eigenvalue weighted by atomic mass is 10.2. The molecule has 0 saturated heterocycles. The molecule has 6 nitrogen and oxygen atoms in total. The lowest BCUT2D eigenvalue weighted by molar-refractivity contribution is -0.142. The number of likely N-dealkylation sites (N-methyl/N-ethyl adjacent to an activating group) is 1. The summed E-state index contributed by atoms with van der Waals surface area (Å²) in [5.74, 6) is 0. The SMILES string of the molecule is CCN(CCO)C(=O)Nc1ccc(-n2nccc2C(F)(F)F)cc1. The van der Waals surface area contributed by atoms with Crippen LogP contribution in [-0.2, 0) is 6.18 Å². The smallest absolute Gasteiger partial charge is 0.395 e. The number of carbonyl (C=O) groups excluding carboxylic acids is 1. The van der Waals surface area contributed by atoms with E-state index in [4.69, 9.17) is 5.11 Å². The summed E-state index contributed by atoms with van der Waals surface area (Å²) >= 11 is 0. The van der Waals surface area contributed by atoms with Crippen LogP contribution in [0.5, 0.6) is 0 Å². The first kappa shape index (κ1) is 17.8. The van der Waals surface area contributed by atoms with Gasteiger partial charge in [-0.25, -0.2) is 9.48 Å². The number of halogens is 3. The lowest BCUT2D eigenvalue weighted by Crippen LogP contribution is -2.36. The van der Waals surface area contributed by atoms with Crippen molar-refractivity contribution < 1.29 is 23.1 Å². The summed E-state index contributed by atoms with van der Waals surface area (Å²) in [6, 6.07) is 6.34. The molecule has 130 valence electrons. The monoisotopic (exact) mass is 342 g/mol. The van der Waals surface area contributed by atoms with E-state index in [1.807, 2.05) is 0 Å². The Morgan fingerprint density at radius 1 is 1.29 bits per heavy atom. The maximum absolute atomic E-state index is 12.9. The zero-order chi connectivity index (χ0) is 17.7. The Kier molecular flexibility index (Phi) is 5.45. The average molecular weight is 342 g/mol. The number of amides is 2. The fourth-order valence-corrected chi connectivity index (χ4v) is 2.14. The Labute approximate surface area is 136 Å². The van der Waals surface area contributed by atoms with Crippen molar-refractivity contribution >= 4 is 11.7 Å². The van der Waals surface area contributed by atoms with Crippen molar-refractivity contribution in [2.45, 2.75) is 13.1 Å². The quantitative estimate of drug-likeness (QED) is 0.878. The minimum absolute atomic E-state index is 0.153. The van der Waals surface area contributed by atoms with Crippen molar-refractivity contribution in [3.05, 3.63) is 42.2 Å². The molecule has 0 aliphatic carbocycles. The van der Waals surface area contributed by atoms with E-state index in [0.29, 0.717) is 12.2 Å². The molecule has 0 saturated carbocycles. The fraction of sp³-hybridized carbons (Fsp3) is 0.333. The molecule has 9 heteroatoms. The van der Waals surface area contributed by atoms with E-state index in [9.17, 15) is 18.0 Å². The minimum atomic E-state index is -4.50. The highest BCUT2D eigenvalue weighted by Gasteiger charge is 2.35. The van der Waals surface area contributed by atoms with E-state index in [-0.39, 0.29) is 18.8 Å². The summed E-state index contributed by atoms with van der Waals surface area (Å²) < 4.78 is 39.4. The molecule has 0 radical (unpaired) electrons. The normalized spacial score (nSPS) is 11.4. The third-order valence-electron chi connectivity index (χ3n) is 3.34.